The van der Waals surface area contributed by atoms with Gasteiger partial charge in [-0.1, -0.05) is 18.2 Å². The van der Waals surface area contributed by atoms with Crippen molar-refractivity contribution in [2.24, 2.45) is 0 Å². The minimum atomic E-state index is -0.589. The molecule has 1 amide bonds. The molecule has 2 atom stereocenters. The zero-order valence-corrected chi connectivity index (χ0v) is 18.1. The van der Waals surface area contributed by atoms with Crippen molar-refractivity contribution in [2.75, 3.05) is 6.54 Å². The molecule has 0 saturated carbocycles. The second-order valence-corrected chi connectivity index (χ2v) is 8.97. The van der Waals surface area contributed by atoms with Gasteiger partial charge in [-0.05, 0) is 60.5 Å². The fourth-order valence-corrected chi connectivity index (χ4v) is 4.89. The third-order valence-electron chi connectivity index (χ3n) is 5.70. The van der Waals surface area contributed by atoms with Crippen LogP contribution in [0, 0.1) is 5.82 Å². The molecule has 1 saturated heterocycles. The molecule has 2 aromatic heterocycles. The monoisotopic (exact) mass is 447 g/mol. The van der Waals surface area contributed by atoms with Crippen molar-refractivity contribution in [3.05, 3.63) is 102 Å². The summed E-state index contributed by atoms with van der Waals surface area (Å²) in [5.41, 5.74) is 3.32. The molecule has 0 spiro atoms. The number of carbonyl (C=O) groups is 1. The van der Waals surface area contributed by atoms with Gasteiger partial charge in [-0.2, -0.15) is 0 Å². The van der Waals surface area contributed by atoms with Crippen LogP contribution in [0.15, 0.2) is 84.0 Å². The second kappa shape index (κ2) is 8.76. The molecule has 32 heavy (non-hydrogen) atoms. The third kappa shape index (κ3) is 4.26. The van der Waals surface area contributed by atoms with E-state index in [-0.39, 0.29) is 24.3 Å². The maximum absolute atomic E-state index is 13.3. The highest BCUT2D eigenvalue weighted by Gasteiger charge is 2.35. The van der Waals surface area contributed by atoms with Crippen molar-refractivity contribution in [1.29, 1.82) is 0 Å². The Balaban J connectivity index is 1.27. The average Bonchev–Trinajstić information content (AvgIpc) is 3.41. The number of pyridine rings is 1. The Kier molecular flexibility index (Phi) is 5.68. The first-order valence-electron chi connectivity index (χ1n) is 10.5. The Morgan fingerprint density at radius 2 is 1.88 bits per heavy atom. The predicted octanol–water partition coefficient (Wildman–Crippen LogP) is 4.71. The third-order valence-corrected chi connectivity index (χ3v) is 6.74. The molecule has 5 rings (SSSR count). The quantitative estimate of drug-likeness (QED) is 0.450. The highest BCUT2D eigenvalue weighted by Crippen LogP contribution is 2.34. The van der Waals surface area contributed by atoms with Gasteiger partial charge < -0.3 is 14.4 Å². The SMILES string of the molecule is O=C(c1ccc(SCc2cn3ccccc3n2)cc1)N1CC(O)CC1c1ccc(F)cc1. The van der Waals surface area contributed by atoms with Crippen LogP contribution in [0.1, 0.15) is 34.1 Å². The molecule has 2 unspecified atom stereocenters. The van der Waals surface area contributed by atoms with Crippen LogP contribution < -0.4 is 0 Å². The number of fused-ring (bicyclic) bond motifs is 1. The van der Waals surface area contributed by atoms with Gasteiger partial charge in [0.05, 0.1) is 17.8 Å². The molecule has 0 bridgehead atoms. The number of carbonyl (C=O) groups excluding carboxylic acids is 1. The van der Waals surface area contributed by atoms with Crippen LogP contribution in [-0.2, 0) is 5.75 Å². The lowest BCUT2D eigenvalue weighted by atomic mass is 10.0. The number of nitrogens with zero attached hydrogens (tertiary/aromatic N) is 3. The van der Waals surface area contributed by atoms with Crippen LogP contribution in [0.3, 0.4) is 0 Å². The number of aliphatic hydroxyl groups is 1. The van der Waals surface area contributed by atoms with Gasteiger partial charge in [0.25, 0.3) is 5.91 Å². The van der Waals surface area contributed by atoms with Gasteiger partial charge in [0, 0.05) is 35.2 Å². The van der Waals surface area contributed by atoms with E-state index >= 15 is 0 Å². The van der Waals surface area contributed by atoms with Crippen LogP contribution in [-0.4, -0.2) is 37.9 Å². The summed E-state index contributed by atoms with van der Waals surface area (Å²) in [6.07, 6.45) is 3.86. The number of hydrogen-bond acceptors (Lipinski definition) is 4. The zero-order chi connectivity index (χ0) is 22.1. The van der Waals surface area contributed by atoms with Gasteiger partial charge in [-0.25, -0.2) is 9.37 Å². The Morgan fingerprint density at radius 3 is 2.62 bits per heavy atom. The maximum atomic E-state index is 13.3. The van der Waals surface area contributed by atoms with Crippen molar-refractivity contribution < 1.29 is 14.3 Å². The average molecular weight is 448 g/mol. The molecule has 5 nitrogen and oxygen atoms in total. The van der Waals surface area contributed by atoms with E-state index in [9.17, 15) is 14.3 Å². The van der Waals surface area contributed by atoms with Crippen LogP contribution in [0.2, 0.25) is 0 Å². The molecule has 1 aliphatic heterocycles. The highest BCUT2D eigenvalue weighted by molar-refractivity contribution is 7.98. The van der Waals surface area contributed by atoms with Gasteiger partial charge in [0.2, 0.25) is 0 Å². The summed E-state index contributed by atoms with van der Waals surface area (Å²) in [6, 6.07) is 19.3. The number of hydrogen-bond donors (Lipinski definition) is 1. The zero-order valence-electron chi connectivity index (χ0n) is 17.3. The molecule has 3 heterocycles. The Morgan fingerprint density at radius 1 is 1.09 bits per heavy atom. The molecule has 1 fully saturated rings. The Bertz CT molecular complexity index is 1210. The van der Waals surface area contributed by atoms with Crippen molar-refractivity contribution in [1.82, 2.24) is 14.3 Å². The van der Waals surface area contributed by atoms with Crippen LogP contribution in [0.5, 0.6) is 0 Å². The molecule has 1 N–H and O–H groups in total. The maximum Gasteiger partial charge on any atom is 0.254 e. The molecular weight excluding hydrogens is 425 g/mol. The largest absolute Gasteiger partial charge is 0.391 e. The van der Waals surface area contributed by atoms with Crippen LogP contribution in [0.4, 0.5) is 4.39 Å². The van der Waals surface area contributed by atoms with E-state index in [1.165, 1.54) is 12.1 Å². The van der Waals surface area contributed by atoms with E-state index in [2.05, 4.69) is 4.98 Å². The number of β-amino-alcohol motifs (C(OH)–C–C–N with tert-alkyl or cyclic N) is 1. The number of thioether (sulfide) groups is 1. The number of rotatable bonds is 5. The number of halogens is 1. The van der Waals surface area contributed by atoms with Crippen molar-refractivity contribution in [3.8, 4) is 0 Å². The summed E-state index contributed by atoms with van der Waals surface area (Å²) >= 11 is 1.66. The standard InChI is InChI=1S/C25H22FN3O2S/c26-19-8-4-17(5-9-19)23-13-21(30)15-29(23)25(31)18-6-10-22(11-7-18)32-16-20-14-28-12-2-1-3-24(28)27-20/h1-12,14,21,23,30H,13,15-16H2. The van der Waals surface area contributed by atoms with E-state index in [4.69, 9.17) is 0 Å². The normalized spacial score (nSPS) is 18.4. The molecule has 7 heteroatoms. The van der Waals surface area contributed by atoms with Gasteiger partial charge in [-0.15, -0.1) is 11.8 Å². The van der Waals surface area contributed by atoms with Gasteiger partial charge in [0.1, 0.15) is 11.5 Å². The number of benzene rings is 2. The molecular formula is C25H22FN3O2S. The fourth-order valence-electron chi connectivity index (χ4n) is 4.11. The topological polar surface area (TPSA) is 57.8 Å². The summed E-state index contributed by atoms with van der Waals surface area (Å²) < 4.78 is 15.3. The summed E-state index contributed by atoms with van der Waals surface area (Å²) in [4.78, 5) is 20.5. The second-order valence-electron chi connectivity index (χ2n) is 7.93. The first-order chi connectivity index (χ1) is 15.6. The van der Waals surface area contributed by atoms with E-state index < -0.39 is 6.10 Å². The van der Waals surface area contributed by atoms with E-state index in [0.717, 1.165) is 27.6 Å². The van der Waals surface area contributed by atoms with Crippen molar-refractivity contribution in [2.45, 2.75) is 29.2 Å². The van der Waals surface area contributed by atoms with E-state index in [0.29, 0.717) is 12.0 Å². The molecule has 2 aromatic carbocycles. The molecule has 4 aromatic rings. The summed E-state index contributed by atoms with van der Waals surface area (Å²) in [5.74, 6) is 0.287. The van der Waals surface area contributed by atoms with E-state index in [1.54, 1.807) is 28.8 Å². The lowest BCUT2D eigenvalue weighted by molar-refractivity contribution is 0.0715. The van der Waals surface area contributed by atoms with Crippen molar-refractivity contribution >= 4 is 23.3 Å². The minimum absolute atomic E-state index is 0.132. The Hall–Kier alpha value is -3.16. The van der Waals surface area contributed by atoms with Crippen molar-refractivity contribution in [3.63, 3.8) is 0 Å². The molecule has 1 aliphatic rings. The van der Waals surface area contributed by atoms with Crippen LogP contribution >= 0.6 is 11.8 Å². The number of imidazole rings is 1. The number of likely N-dealkylation sites (tertiary alicyclic amines) is 1. The Labute approximate surface area is 189 Å². The first-order valence-corrected chi connectivity index (χ1v) is 11.5. The summed E-state index contributed by atoms with van der Waals surface area (Å²) in [7, 11) is 0. The lowest BCUT2D eigenvalue weighted by Crippen LogP contribution is -2.31. The predicted molar refractivity (Wildman–Crippen MR) is 122 cm³/mol. The number of aromatic nitrogens is 2. The van der Waals surface area contributed by atoms with Gasteiger partial charge >= 0.3 is 0 Å². The number of amides is 1. The van der Waals surface area contributed by atoms with Gasteiger partial charge in [0.15, 0.2) is 0 Å². The molecule has 0 aliphatic carbocycles. The lowest BCUT2D eigenvalue weighted by Gasteiger charge is -2.25. The summed E-state index contributed by atoms with van der Waals surface area (Å²) in [5, 5.41) is 10.2. The summed E-state index contributed by atoms with van der Waals surface area (Å²) in [6.45, 7) is 0.269. The number of aliphatic hydroxyl groups excluding tert-OH is 1. The van der Waals surface area contributed by atoms with E-state index in [1.807, 2.05) is 59.3 Å². The van der Waals surface area contributed by atoms with Gasteiger partial charge in [-0.3, -0.25) is 4.79 Å². The molecule has 0 radical (unpaired) electrons. The van der Waals surface area contributed by atoms with Crippen LogP contribution in [0.25, 0.3) is 5.65 Å². The molecule has 162 valence electrons. The highest BCUT2D eigenvalue weighted by atomic mass is 32.2. The fraction of sp³-hybridized carbons (Fsp3) is 0.200. The smallest absolute Gasteiger partial charge is 0.254 e. The first kappa shape index (κ1) is 20.7. The minimum Gasteiger partial charge on any atom is -0.391 e.